The molecule has 0 amide bonds. The molecule has 0 fully saturated rings. The molecule has 0 N–H and O–H groups in total. The normalized spacial score (nSPS) is 18.3. The number of fused-ring (bicyclic) bond motifs is 3. The molecule has 8 heteroatoms. The van der Waals surface area contributed by atoms with Crippen molar-refractivity contribution in [1.82, 2.24) is 23.6 Å². The molecule has 0 spiro atoms. The number of anilines is 1. The molecule has 3 heterocycles. The predicted molar refractivity (Wildman–Crippen MR) is 85.5 cm³/mol. The summed E-state index contributed by atoms with van der Waals surface area (Å²) in [6.07, 6.45) is 0. The molecule has 22 heavy (non-hydrogen) atoms. The third-order valence-electron chi connectivity index (χ3n) is 4.27. The lowest BCUT2D eigenvalue weighted by Crippen LogP contribution is -2.41. The minimum absolute atomic E-state index is 0.282. The van der Waals surface area contributed by atoms with E-state index in [1.165, 1.54) is 11.6 Å². The maximum Gasteiger partial charge on any atom is 0.332 e. The molecular formula is C14H22N6O2. The van der Waals surface area contributed by atoms with Crippen LogP contribution in [0.25, 0.3) is 11.2 Å². The van der Waals surface area contributed by atoms with Gasteiger partial charge >= 0.3 is 5.69 Å². The van der Waals surface area contributed by atoms with E-state index >= 15 is 0 Å². The third-order valence-corrected chi connectivity index (χ3v) is 4.27. The van der Waals surface area contributed by atoms with E-state index in [9.17, 15) is 9.59 Å². The molecule has 1 unspecified atom stereocenters. The van der Waals surface area contributed by atoms with Crippen LogP contribution in [0.3, 0.4) is 0 Å². The monoisotopic (exact) mass is 306 g/mol. The van der Waals surface area contributed by atoms with Crippen LogP contribution in [0.2, 0.25) is 0 Å². The summed E-state index contributed by atoms with van der Waals surface area (Å²) in [5.74, 6) is 1.16. The van der Waals surface area contributed by atoms with Crippen molar-refractivity contribution in [3.8, 4) is 0 Å². The molecule has 0 aromatic carbocycles. The molecule has 1 aliphatic heterocycles. The molecule has 2 aromatic rings. The minimum atomic E-state index is -0.347. The summed E-state index contributed by atoms with van der Waals surface area (Å²) in [6, 6.07) is 0. The molecule has 0 saturated carbocycles. The molecule has 8 nitrogen and oxygen atoms in total. The van der Waals surface area contributed by atoms with Crippen molar-refractivity contribution in [3.05, 3.63) is 20.8 Å². The topological polar surface area (TPSA) is 68.3 Å². The van der Waals surface area contributed by atoms with Crippen LogP contribution in [-0.4, -0.2) is 57.8 Å². The molecule has 0 saturated heterocycles. The second kappa shape index (κ2) is 4.98. The number of hydrogen-bond donors (Lipinski definition) is 0. The predicted octanol–water partition coefficient (Wildman–Crippen LogP) is -0.939. The van der Waals surface area contributed by atoms with Gasteiger partial charge in [-0.2, -0.15) is 4.98 Å². The average molecular weight is 306 g/mol. The van der Waals surface area contributed by atoms with Gasteiger partial charge in [-0.05, 0) is 14.1 Å². The summed E-state index contributed by atoms with van der Waals surface area (Å²) >= 11 is 0. The van der Waals surface area contributed by atoms with Crippen LogP contribution >= 0.6 is 0 Å². The van der Waals surface area contributed by atoms with E-state index in [2.05, 4.69) is 14.8 Å². The van der Waals surface area contributed by atoms with E-state index in [-0.39, 0.29) is 11.2 Å². The van der Waals surface area contributed by atoms with Crippen molar-refractivity contribution in [2.75, 3.05) is 39.1 Å². The van der Waals surface area contributed by atoms with Crippen molar-refractivity contribution in [1.29, 1.82) is 0 Å². The lowest BCUT2D eigenvalue weighted by molar-refractivity contribution is 0.291. The summed E-state index contributed by atoms with van der Waals surface area (Å²) < 4.78 is 4.54. The highest BCUT2D eigenvalue weighted by Gasteiger charge is 2.28. The molecule has 0 bridgehead atoms. The number of hydrogen-bond acceptors (Lipinski definition) is 5. The number of rotatable bonds is 2. The molecule has 2 aromatic heterocycles. The van der Waals surface area contributed by atoms with E-state index in [1.54, 1.807) is 7.05 Å². The van der Waals surface area contributed by atoms with E-state index in [4.69, 9.17) is 0 Å². The maximum atomic E-state index is 12.5. The fraction of sp³-hybridized carbons (Fsp3) is 0.643. The van der Waals surface area contributed by atoms with Crippen LogP contribution < -0.4 is 16.1 Å². The first kappa shape index (κ1) is 14.8. The molecule has 0 aliphatic carbocycles. The van der Waals surface area contributed by atoms with Crippen LogP contribution in [0, 0.1) is 5.92 Å². The van der Waals surface area contributed by atoms with E-state index < -0.39 is 0 Å². The summed E-state index contributed by atoms with van der Waals surface area (Å²) in [5, 5.41) is 0. The lowest BCUT2D eigenvalue weighted by atomic mass is 10.1. The fourth-order valence-electron chi connectivity index (χ4n) is 3.32. The van der Waals surface area contributed by atoms with Crippen LogP contribution in [-0.2, 0) is 20.6 Å². The van der Waals surface area contributed by atoms with Crippen LogP contribution in [0.1, 0.15) is 0 Å². The number of aromatic nitrogens is 4. The second-order valence-electron chi connectivity index (χ2n) is 6.41. The van der Waals surface area contributed by atoms with Crippen molar-refractivity contribution in [2.45, 2.75) is 6.54 Å². The van der Waals surface area contributed by atoms with Gasteiger partial charge in [0, 0.05) is 46.7 Å². The van der Waals surface area contributed by atoms with Crippen molar-refractivity contribution >= 4 is 17.1 Å². The largest absolute Gasteiger partial charge is 0.345 e. The van der Waals surface area contributed by atoms with Crippen molar-refractivity contribution in [2.24, 2.45) is 20.0 Å². The van der Waals surface area contributed by atoms with Gasteiger partial charge in [-0.15, -0.1) is 0 Å². The first-order valence-corrected chi connectivity index (χ1v) is 7.33. The molecule has 0 radical (unpaired) electrons. The quantitative estimate of drug-likeness (QED) is 0.716. The number of aryl methyl sites for hydroxylation is 1. The zero-order chi connectivity index (χ0) is 16.2. The fourth-order valence-corrected chi connectivity index (χ4v) is 3.32. The Hall–Kier alpha value is -2.09. The second-order valence-corrected chi connectivity index (χ2v) is 6.41. The summed E-state index contributed by atoms with van der Waals surface area (Å²) in [7, 11) is 9.23. The Labute approximate surface area is 128 Å². The Morgan fingerprint density at radius 1 is 1.14 bits per heavy atom. The first-order valence-electron chi connectivity index (χ1n) is 7.33. The van der Waals surface area contributed by atoms with Gasteiger partial charge in [0.2, 0.25) is 5.95 Å². The summed E-state index contributed by atoms with van der Waals surface area (Å²) in [4.78, 5) is 33.3. The molecule has 120 valence electrons. The van der Waals surface area contributed by atoms with Gasteiger partial charge in [-0.1, -0.05) is 0 Å². The average Bonchev–Trinajstić information content (AvgIpc) is 2.82. The Balaban J connectivity index is 2.25. The standard InChI is InChI=1S/C14H22N6O2/c1-16(2)6-9-7-17(3)13-15-11-10(20(13)8-9)12(21)19(5)14(22)18(11)4/h9H,6-8H2,1-5H3. The van der Waals surface area contributed by atoms with E-state index in [1.807, 2.05) is 25.7 Å². The first-order chi connectivity index (χ1) is 10.3. The van der Waals surface area contributed by atoms with Gasteiger partial charge in [-0.3, -0.25) is 13.9 Å². The molecular weight excluding hydrogens is 284 g/mol. The van der Waals surface area contributed by atoms with E-state index in [0.29, 0.717) is 17.1 Å². The van der Waals surface area contributed by atoms with Crippen LogP contribution in [0.15, 0.2) is 9.59 Å². The minimum Gasteiger partial charge on any atom is -0.345 e. The summed E-state index contributed by atoms with van der Waals surface area (Å²) in [5.41, 5.74) is 0.339. The zero-order valence-corrected chi connectivity index (χ0v) is 13.7. The Kier molecular flexibility index (Phi) is 3.36. The van der Waals surface area contributed by atoms with Gasteiger partial charge in [0.05, 0.1) is 0 Å². The highest BCUT2D eigenvalue weighted by molar-refractivity contribution is 5.74. The Morgan fingerprint density at radius 2 is 1.82 bits per heavy atom. The van der Waals surface area contributed by atoms with Crippen LogP contribution in [0.4, 0.5) is 5.95 Å². The van der Waals surface area contributed by atoms with Gasteiger partial charge < -0.3 is 14.4 Å². The van der Waals surface area contributed by atoms with Gasteiger partial charge in [0.1, 0.15) is 0 Å². The van der Waals surface area contributed by atoms with Crippen LogP contribution in [0.5, 0.6) is 0 Å². The van der Waals surface area contributed by atoms with Crippen molar-refractivity contribution < 1.29 is 0 Å². The molecule has 1 atom stereocenters. The van der Waals surface area contributed by atoms with Gasteiger partial charge in [0.25, 0.3) is 5.56 Å². The smallest absolute Gasteiger partial charge is 0.332 e. The van der Waals surface area contributed by atoms with Gasteiger partial charge in [-0.25, -0.2) is 4.79 Å². The van der Waals surface area contributed by atoms with Crippen molar-refractivity contribution in [3.63, 3.8) is 0 Å². The lowest BCUT2D eigenvalue weighted by Gasteiger charge is -2.33. The number of imidazole rings is 1. The Morgan fingerprint density at radius 3 is 2.45 bits per heavy atom. The van der Waals surface area contributed by atoms with E-state index in [0.717, 1.165) is 30.1 Å². The molecule has 1 aliphatic rings. The van der Waals surface area contributed by atoms with Gasteiger partial charge in [0.15, 0.2) is 11.2 Å². The third kappa shape index (κ3) is 2.06. The Bertz CT molecular complexity index is 844. The highest BCUT2D eigenvalue weighted by atomic mass is 16.2. The summed E-state index contributed by atoms with van der Waals surface area (Å²) in [6.45, 7) is 2.56. The SMILES string of the molecule is CN(C)CC1CN(C)c2nc3c(c(=O)n(C)c(=O)n3C)n2C1. The molecule has 3 rings (SSSR count). The highest BCUT2D eigenvalue weighted by Crippen LogP contribution is 2.25. The zero-order valence-electron chi connectivity index (χ0n) is 13.7. The number of nitrogens with zero attached hydrogens (tertiary/aromatic N) is 6. The maximum absolute atomic E-state index is 12.5.